The Morgan fingerprint density at radius 2 is 1.21 bits per heavy atom. The lowest BCUT2D eigenvalue weighted by molar-refractivity contribution is -0.150. The third-order valence-electron chi connectivity index (χ3n) is 5.03. The zero-order chi connectivity index (χ0) is 29.6. The van der Waals surface area contributed by atoms with Crippen LogP contribution in [0.5, 0.6) is 11.5 Å². The Labute approximate surface area is 230 Å². The lowest BCUT2D eigenvalue weighted by atomic mass is 9.99. The Hall–Kier alpha value is -3.59. The van der Waals surface area contributed by atoms with Crippen molar-refractivity contribution in [2.45, 2.75) is 70.6 Å². The van der Waals surface area contributed by atoms with Crippen molar-refractivity contribution in [3.05, 3.63) is 71.0 Å². The minimum atomic E-state index is -4.19. The fraction of sp³-hybridized carbons (Fsp3) is 0.414. The molecule has 0 aliphatic heterocycles. The van der Waals surface area contributed by atoms with E-state index in [0.717, 1.165) is 0 Å². The molecule has 0 aliphatic carbocycles. The standard InChI is InChI=1S/C29H37NO8S/c1-19(26(31)37-28(2,3)4)18-24(27(32)38-29(5,6)7)25(20-10-12-21(35-8)13-11-20)30-39(33,34)23-16-14-22(36-9)15-17-23/h10-17,25,30H,1-9H3/t18?,25-/m1/s1. The van der Waals surface area contributed by atoms with Crippen LogP contribution in [-0.2, 0) is 29.1 Å². The lowest BCUT2D eigenvalue weighted by Crippen LogP contribution is -2.34. The van der Waals surface area contributed by atoms with E-state index in [1.807, 2.05) is 0 Å². The highest BCUT2D eigenvalue weighted by atomic mass is 32.2. The van der Waals surface area contributed by atoms with E-state index in [1.165, 1.54) is 45.4 Å². The predicted molar refractivity (Wildman–Crippen MR) is 147 cm³/mol. The molecule has 0 aliphatic rings. The normalized spacial score (nSPS) is 12.5. The van der Waals surface area contributed by atoms with Crippen molar-refractivity contribution in [3.63, 3.8) is 0 Å². The summed E-state index contributed by atoms with van der Waals surface area (Å²) in [6, 6.07) is 11.0. The van der Waals surface area contributed by atoms with Crippen molar-refractivity contribution in [2.75, 3.05) is 14.2 Å². The molecule has 0 spiro atoms. The molecule has 2 aromatic rings. The van der Waals surface area contributed by atoms with E-state index >= 15 is 0 Å². The first kappa shape index (κ1) is 31.6. The maximum atomic E-state index is 13.5. The number of nitrogens with one attached hydrogen (secondary N) is 1. The third-order valence-corrected chi connectivity index (χ3v) is 6.47. The Morgan fingerprint density at radius 1 is 0.769 bits per heavy atom. The van der Waals surface area contributed by atoms with Gasteiger partial charge < -0.3 is 18.9 Å². The quantitative estimate of drug-likeness (QED) is 0.263. The van der Waals surface area contributed by atoms with Crippen LogP contribution in [0, 0.1) is 0 Å². The van der Waals surface area contributed by atoms with Gasteiger partial charge in [-0.1, -0.05) is 17.9 Å². The van der Waals surface area contributed by atoms with Crippen LogP contribution in [0.15, 0.2) is 70.3 Å². The lowest BCUT2D eigenvalue weighted by Gasteiger charge is -2.25. The summed E-state index contributed by atoms with van der Waals surface area (Å²) in [5, 5.41) is 0. The molecule has 0 radical (unpaired) electrons. The maximum absolute atomic E-state index is 13.5. The van der Waals surface area contributed by atoms with Gasteiger partial charge in [0.25, 0.3) is 0 Å². The molecule has 0 unspecified atom stereocenters. The number of carbonyl (C=O) groups excluding carboxylic acids is 2. The fourth-order valence-electron chi connectivity index (χ4n) is 3.25. The predicted octanol–water partition coefficient (Wildman–Crippen LogP) is 4.88. The Morgan fingerprint density at radius 3 is 1.64 bits per heavy atom. The van der Waals surface area contributed by atoms with Crippen molar-refractivity contribution >= 4 is 22.0 Å². The molecule has 2 aromatic carbocycles. The van der Waals surface area contributed by atoms with Gasteiger partial charge >= 0.3 is 11.9 Å². The van der Waals surface area contributed by atoms with Gasteiger partial charge in [-0.3, -0.25) is 0 Å². The molecule has 0 fully saturated rings. The zero-order valence-corrected chi connectivity index (χ0v) is 24.7. The van der Waals surface area contributed by atoms with Crippen LogP contribution in [0.4, 0.5) is 0 Å². The van der Waals surface area contributed by atoms with E-state index in [9.17, 15) is 18.0 Å². The summed E-state index contributed by atoms with van der Waals surface area (Å²) in [4.78, 5) is 26.2. The fourth-order valence-corrected chi connectivity index (χ4v) is 4.44. The topological polar surface area (TPSA) is 117 Å². The Balaban J connectivity index is 2.77. The van der Waals surface area contributed by atoms with Gasteiger partial charge in [0.1, 0.15) is 28.3 Å². The number of sulfonamides is 1. The van der Waals surface area contributed by atoms with E-state index in [0.29, 0.717) is 17.1 Å². The van der Waals surface area contributed by atoms with Crippen molar-refractivity contribution in [3.8, 4) is 11.5 Å². The second-order valence-corrected chi connectivity index (χ2v) is 12.4. The molecular formula is C29H37NO8S. The molecule has 2 rings (SSSR count). The Kier molecular flexibility index (Phi) is 10.1. The van der Waals surface area contributed by atoms with Crippen LogP contribution in [0.2, 0.25) is 0 Å². The molecule has 39 heavy (non-hydrogen) atoms. The number of rotatable bonds is 9. The average molecular weight is 560 g/mol. The van der Waals surface area contributed by atoms with Gasteiger partial charge in [0.15, 0.2) is 0 Å². The molecule has 0 aromatic heterocycles. The Bertz CT molecular complexity index is 1340. The van der Waals surface area contributed by atoms with Crippen molar-refractivity contribution < 1.29 is 37.0 Å². The van der Waals surface area contributed by atoms with Gasteiger partial charge in [0.2, 0.25) is 10.0 Å². The molecule has 212 valence electrons. The van der Waals surface area contributed by atoms with Gasteiger partial charge in [0, 0.05) is 0 Å². The van der Waals surface area contributed by atoms with Crippen molar-refractivity contribution in [2.24, 2.45) is 0 Å². The van der Waals surface area contributed by atoms with Crippen LogP contribution >= 0.6 is 0 Å². The van der Waals surface area contributed by atoms with Gasteiger partial charge in [-0.15, -0.1) is 0 Å². The van der Waals surface area contributed by atoms with Crippen LogP contribution in [0.1, 0.15) is 60.1 Å². The molecule has 9 nitrogen and oxygen atoms in total. The van der Waals surface area contributed by atoms with Crippen LogP contribution in [-0.4, -0.2) is 45.8 Å². The van der Waals surface area contributed by atoms with E-state index in [-0.39, 0.29) is 16.0 Å². The highest BCUT2D eigenvalue weighted by Crippen LogP contribution is 2.29. The number of hydrogen-bond acceptors (Lipinski definition) is 8. The zero-order valence-electron chi connectivity index (χ0n) is 23.9. The highest BCUT2D eigenvalue weighted by molar-refractivity contribution is 7.89. The molecule has 0 heterocycles. The minimum Gasteiger partial charge on any atom is -0.497 e. The number of benzene rings is 2. The van der Waals surface area contributed by atoms with E-state index in [1.54, 1.807) is 65.8 Å². The summed E-state index contributed by atoms with van der Waals surface area (Å²) < 4.78 is 50.9. The van der Waals surface area contributed by atoms with Crippen molar-refractivity contribution in [1.29, 1.82) is 0 Å². The van der Waals surface area contributed by atoms with Gasteiger partial charge in [-0.2, -0.15) is 4.72 Å². The monoisotopic (exact) mass is 559 g/mol. The van der Waals surface area contributed by atoms with E-state index in [4.69, 9.17) is 18.9 Å². The van der Waals surface area contributed by atoms with Crippen LogP contribution in [0.25, 0.3) is 0 Å². The summed E-state index contributed by atoms with van der Waals surface area (Å²) in [5.41, 5.74) is 1.21. The number of hydrogen-bond donors (Lipinski definition) is 1. The van der Waals surface area contributed by atoms with E-state index < -0.39 is 39.2 Å². The number of carbonyl (C=O) groups is 2. The van der Waals surface area contributed by atoms with Crippen LogP contribution < -0.4 is 14.2 Å². The molecule has 0 bridgehead atoms. The highest BCUT2D eigenvalue weighted by Gasteiger charge is 2.32. The second kappa shape index (κ2) is 12.5. The molecule has 1 atom stereocenters. The van der Waals surface area contributed by atoms with Gasteiger partial charge in [-0.25, -0.2) is 18.0 Å². The first-order valence-electron chi connectivity index (χ1n) is 12.2. The van der Waals surface area contributed by atoms with Crippen LogP contribution in [0.3, 0.4) is 0 Å². The summed E-state index contributed by atoms with van der Waals surface area (Å²) in [6.07, 6.45) is 0. The van der Waals surface area contributed by atoms with Crippen molar-refractivity contribution in [1.82, 2.24) is 4.72 Å². The molecular weight excluding hydrogens is 522 g/mol. The van der Waals surface area contributed by atoms with Gasteiger partial charge in [-0.05, 0) is 90.4 Å². The molecule has 1 N–H and O–H groups in total. The maximum Gasteiger partial charge on any atom is 0.344 e. The molecule has 0 amide bonds. The summed E-state index contributed by atoms with van der Waals surface area (Å²) in [7, 11) is -1.22. The third kappa shape index (κ3) is 9.58. The smallest absolute Gasteiger partial charge is 0.344 e. The first-order chi connectivity index (χ1) is 18.0. The van der Waals surface area contributed by atoms with E-state index in [2.05, 4.69) is 10.5 Å². The SMILES string of the molecule is COc1ccc([C@@H](NS(=O)(=O)c2ccc(OC)cc2)C(=C=C(C)C(=O)OC(C)(C)C)C(=O)OC(C)(C)C)cc1. The first-order valence-corrected chi connectivity index (χ1v) is 13.7. The van der Waals surface area contributed by atoms with Gasteiger partial charge in [0.05, 0.1) is 30.7 Å². The average Bonchev–Trinajstić information content (AvgIpc) is 2.84. The molecule has 0 saturated heterocycles. The number of ether oxygens (including phenoxy) is 4. The molecule has 0 saturated carbocycles. The number of methoxy groups -OCH3 is 2. The molecule has 10 heteroatoms. The summed E-state index contributed by atoms with van der Waals surface area (Å²) in [6.45, 7) is 11.6. The minimum absolute atomic E-state index is 0.0343. The summed E-state index contributed by atoms with van der Waals surface area (Å²) >= 11 is 0. The number of esters is 2. The summed E-state index contributed by atoms with van der Waals surface area (Å²) in [5.74, 6) is -0.566. The second-order valence-electron chi connectivity index (χ2n) is 10.7. The largest absolute Gasteiger partial charge is 0.497 e.